The Morgan fingerprint density at radius 3 is 2.44 bits per heavy atom. The molecule has 0 heterocycles. The smallest absolute Gasteiger partial charge is 0.346 e. The Kier molecular flexibility index (Phi) is 5.12. The molecular weight excluding hydrogens is 238 g/mol. The second-order valence-corrected chi connectivity index (χ2v) is 4.57. The highest BCUT2D eigenvalue weighted by Gasteiger charge is 2.34. The summed E-state index contributed by atoms with van der Waals surface area (Å²) in [6.07, 6.45) is 2.37. The summed E-state index contributed by atoms with van der Waals surface area (Å²) in [5.41, 5.74) is 0. The summed E-state index contributed by atoms with van der Waals surface area (Å²) in [6.45, 7) is 1.44. The zero-order valence-electron chi connectivity index (χ0n) is 10.9. The number of esters is 2. The molecule has 0 saturated heterocycles. The van der Waals surface area contributed by atoms with Crippen LogP contribution in [0, 0.1) is 5.92 Å². The zero-order chi connectivity index (χ0) is 13.7. The van der Waals surface area contributed by atoms with Crippen molar-refractivity contribution >= 4 is 18.3 Å². The summed E-state index contributed by atoms with van der Waals surface area (Å²) in [6, 6.07) is -0.623. The number of hydrogen-bond donors (Lipinski definition) is 0. The molecule has 2 atom stereocenters. The molecule has 0 aromatic rings. The van der Waals surface area contributed by atoms with Crippen molar-refractivity contribution in [3.05, 3.63) is 0 Å². The van der Waals surface area contributed by atoms with Crippen LogP contribution in [0.4, 0.5) is 0 Å². The van der Waals surface area contributed by atoms with Crippen LogP contribution in [0.1, 0.15) is 26.2 Å². The lowest BCUT2D eigenvalue weighted by atomic mass is 10.1. The van der Waals surface area contributed by atoms with E-state index < -0.39 is 24.1 Å². The van der Waals surface area contributed by atoms with E-state index in [1.807, 2.05) is 0 Å². The maximum absolute atomic E-state index is 11.9. The van der Waals surface area contributed by atoms with Gasteiger partial charge in [0.05, 0.1) is 7.11 Å². The number of amides is 1. The monoisotopic (exact) mass is 257 g/mol. The third-order valence-electron chi connectivity index (χ3n) is 3.01. The number of carbonyl (C=O) groups excluding carboxylic acids is 3. The zero-order valence-corrected chi connectivity index (χ0v) is 10.9. The van der Waals surface area contributed by atoms with Crippen LogP contribution in [-0.2, 0) is 23.9 Å². The summed E-state index contributed by atoms with van der Waals surface area (Å²) in [5, 5.41) is 0. The first kappa shape index (κ1) is 14.5. The second kappa shape index (κ2) is 6.37. The number of hydrogen-bond acceptors (Lipinski definition) is 5. The minimum absolute atomic E-state index is 0.471. The highest BCUT2D eigenvalue weighted by Crippen LogP contribution is 2.34. The van der Waals surface area contributed by atoms with Crippen molar-refractivity contribution in [2.75, 3.05) is 14.2 Å². The third-order valence-corrected chi connectivity index (χ3v) is 3.01. The molecule has 102 valence electrons. The molecule has 1 aliphatic carbocycles. The van der Waals surface area contributed by atoms with Gasteiger partial charge in [-0.3, -0.25) is 4.79 Å². The summed E-state index contributed by atoms with van der Waals surface area (Å²) in [5.74, 6) is -0.699. The van der Waals surface area contributed by atoms with Gasteiger partial charge < -0.3 is 14.4 Å². The molecule has 0 bridgehead atoms. The van der Waals surface area contributed by atoms with Crippen molar-refractivity contribution in [2.45, 2.75) is 38.3 Å². The fourth-order valence-electron chi connectivity index (χ4n) is 1.64. The van der Waals surface area contributed by atoms with Crippen LogP contribution in [0.3, 0.4) is 0 Å². The van der Waals surface area contributed by atoms with E-state index in [1.165, 1.54) is 26.0 Å². The van der Waals surface area contributed by atoms with Crippen LogP contribution in [-0.4, -0.2) is 49.6 Å². The van der Waals surface area contributed by atoms with E-state index >= 15 is 0 Å². The standard InChI is InChI=1S/C12H19NO5/c1-8(11(15)17-3)18-12(16)10(13(2)7-14)6-9-4-5-9/h7-10H,4-6H2,1-3H3/t8-,10+/m1/s1. The minimum atomic E-state index is -0.954. The molecule has 18 heavy (non-hydrogen) atoms. The van der Waals surface area contributed by atoms with Gasteiger partial charge in [-0.05, 0) is 19.3 Å². The van der Waals surface area contributed by atoms with Crippen molar-refractivity contribution in [1.82, 2.24) is 4.90 Å². The predicted octanol–water partition coefficient (Wildman–Crippen LogP) is 0.348. The first-order valence-electron chi connectivity index (χ1n) is 5.95. The van der Waals surface area contributed by atoms with E-state index in [1.54, 1.807) is 0 Å². The van der Waals surface area contributed by atoms with Crippen LogP contribution < -0.4 is 0 Å². The lowest BCUT2D eigenvalue weighted by Crippen LogP contribution is -2.41. The van der Waals surface area contributed by atoms with Crippen molar-refractivity contribution in [3.8, 4) is 0 Å². The van der Waals surface area contributed by atoms with Crippen molar-refractivity contribution in [1.29, 1.82) is 0 Å². The van der Waals surface area contributed by atoms with E-state index in [0.29, 0.717) is 18.7 Å². The van der Waals surface area contributed by atoms with E-state index in [4.69, 9.17) is 4.74 Å². The molecule has 0 N–H and O–H groups in total. The Balaban J connectivity index is 2.57. The van der Waals surface area contributed by atoms with Crippen LogP contribution in [0.25, 0.3) is 0 Å². The number of likely N-dealkylation sites (N-methyl/N-ethyl adjacent to an activating group) is 1. The lowest BCUT2D eigenvalue weighted by Gasteiger charge is -2.24. The van der Waals surface area contributed by atoms with Crippen molar-refractivity contribution < 1.29 is 23.9 Å². The normalized spacial score (nSPS) is 17.5. The lowest BCUT2D eigenvalue weighted by molar-refractivity contribution is -0.168. The largest absolute Gasteiger partial charge is 0.466 e. The summed E-state index contributed by atoms with van der Waals surface area (Å²) >= 11 is 0. The Labute approximate surface area is 106 Å². The molecule has 1 fully saturated rings. The molecule has 0 radical (unpaired) electrons. The fraction of sp³-hybridized carbons (Fsp3) is 0.750. The average molecular weight is 257 g/mol. The maximum Gasteiger partial charge on any atom is 0.346 e. The molecule has 0 unspecified atom stereocenters. The summed E-state index contributed by atoms with van der Waals surface area (Å²) < 4.78 is 9.48. The van der Waals surface area contributed by atoms with Gasteiger partial charge in [-0.1, -0.05) is 12.8 Å². The molecule has 0 aromatic carbocycles. The quantitative estimate of drug-likeness (QED) is 0.486. The molecule has 1 aliphatic rings. The van der Waals surface area contributed by atoms with Gasteiger partial charge >= 0.3 is 11.9 Å². The van der Waals surface area contributed by atoms with Crippen molar-refractivity contribution in [2.24, 2.45) is 5.92 Å². The first-order valence-corrected chi connectivity index (χ1v) is 5.95. The van der Waals surface area contributed by atoms with E-state index in [2.05, 4.69) is 4.74 Å². The topological polar surface area (TPSA) is 72.9 Å². The van der Waals surface area contributed by atoms with Crippen LogP contribution >= 0.6 is 0 Å². The second-order valence-electron chi connectivity index (χ2n) is 4.57. The molecule has 1 saturated carbocycles. The van der Waals surface area contributed by atoms with Crippen LogP contribution in [0.5, 0.6) is 0 Å². The van der Waals surface area contributed by atoms with Gasteiger partial charge in [0.1, 0.15) is 6.04 Å². The Bertz CT molecular complexity index is 326. The Hall–Kier alpha value is -1.59. The van der Waals surface area contributed by atoms with Gasteiger partial charge in [0.2, 0.25) is 6.41 Å². The number of ether oxygens (including phenoxy) is 2. The van der Waals surface area contributed by atoms with Gasteiger partial charge in [0.25, 0.3) is 0 Å². The van der Waals surface area contributed by atoms with Gasteiger partial charge in [0, 0.05) is 7.05 Å². The molecule has 1 amide bonds. The van der Waals surface area contributed by atoms with Gasteiger partial charge in [-0.25, -0.2) is 9.59 Å². The summed E-state index contributed by atoms with van der Waals surface area (Å²) in [7, 11) is 2.76. The van der Waals surface area contributed by atoms with Crippen LogP contribution in [0.15, 0.2) is 0 Å². The molecule has 0 aromatic heterocycles. The van der Waals surface area contributed by atoms with Gasteiger partial charge in [-0.15, -0.1) is 0 Å². The molecular formula is C12H19NO5. The maximum atomic E-state index is 11.9. The van der Waals surface area contributed by atoms with E-state index in [0.717, 1.165) is 12.8 Å². The molecule has 6 nitrogen and oxygen atoms in total. The SMILES string of the molecule is COC(=O)[C@@H](C)OC(=O)[C@H](CC1CC1)N(C)C=O. The van der Waals surface area contributed by atoms with E-state index in [9.17, 15) is 14.4 Å². The number of methoxy groups -OCH3 is 1. The third kappa shape index (κ3) is 4.01. The van der Waals surface area contributed by atoms with E-state index in [-0.39, 0.29) is 0 Å². The molecule has 1 rings (SSSR count). The number of rotatable bonds is 7. The highest BCUT2D eigenvalue weighted by atomic mass is 16.6. The predicted molar refractivity (Wildman–Crippen MR) is 62.5 cm³/mol. The first-order chi connectivity index (χ1) is 8.49. The molecule has 6 heteroatoms. The number of nitrogens with zero attached hydrogens (tertiary/aromatic N) is 1. The average Bonchev–Trinajstić information content (AvgIpc) is 3.17. The Morgan fingerprint density at radius 2 is 2.00 bits per heavy atom. The molecule has 0 aliphatic heterocycles. The van der Waals surface area contributed by atoms with Gasteiger partial charge in [-0.2, -0.15) is 0 Å². The number of carbonyl (C=O) groups is 3. The van der Waals surface area contributed by atoms with Crippen LogP contribution in [0.2, 0.25) is 0 Å². The summed E-state index contributed by atoms with van der Waals surface area (Å²) in [4.78, 5) is 35.1. The fourth-order valence-corrected chi connectivity index (χ4v) is 1.64. The van der Waals surface area contributed by atoms with Gasteiger partial charge in [0.15, 0.2) is 6.10 Å². The Morgan fingerprint density at radius 1 is 1.39 bits per heavy atom. The minimum Gasteiger partial charge on any atom is -0.466 e. The molecule has 0 spiro atoms. The van der Waals surface area contributed by atoms with Crippen molar-refractivity contribution in [3.63, 3.8) is 0 Å². The highest BCUT2D eigenvalue weighted by molar-refractivity contribution is 5.82.